The molecule has 0 aliphatic rings. The molecule has 0 spiro atoms. The molecular formula is C10H28O6SSi2. The average molecular weight is 333 g/mol. The van der Waals surface area contributed by atoms with E-state index >= 15 is 0 Å². The van der Waals surface area contributed by atoms with Crippen molar-refractivity contribution in [1.82, 2.24) is 0 Å². The Morgan fingerprint density at radius 1 is 0.737 bits per heavy atom. The zero-order valence-electron chi connectivity index (χ0n) is 13.0. The van der Waals surface area contributed by atoms with Crippen molar-refractivity contribution >= 4 is 30.2 Å². The fourth-order valence-corrected chi connectivity index (χ4v) is 3.78. The lowest BCUT2D eigenvalue weighted by Crippen LogP contribution is -2.42. The van der Waals surface area contributed by atoms with Crippen molar-refractivity contribution < 1.29 is 26.6 Å². The van der Waals surface area contributed by atoms with E-state index in [0.717, 1.165) is 18.2 Å². The first-order chi connectivity index (χ1) is 8.92. The third-order valence-electron chi connectivity index (χ3n) is 2.69. The van der Waals surface area contributed by atoms with Crippen LogP contribution in [0.15, 0.2) is 0 Å². The second-order valence-corrected chi connectivity index (χ2v) is 10.1. The molecule has 0 amide bonds. The highest BCUT2D eigenvalue weighted by molar-refractivity contribution is 7.80. The first kappa shape index (κ1) is 21.8. The largest absolute Gasteiger partial charge is 0.500 e. The standard InChI is InChI=1S/C6H16O3SSi.C4H12O3Si/c1-7-11(8-2,9-3)6-4-5-10;1-5-8(4,6-2)7-3/h10H,4-6H2,1-3H3;1-4H3. The fourth-order valence-electron chi connectivity index (χ4n) is 1.10. The lowest BCUT2D eigenvalue weighted by molar-refractivity contribution is 0.123. The van der Waals surface area contributed by atoms with Gasteiger partial charge in [0.05, 0.1) is 0 Å². The molecule has 0 bridgehead atoms. The summed E-state index contributed by atoms with van der Waals surface area (Å²) in [5.41, 5.74) is 0. The van der Waals surface area contributed by atoms with Crippen molar-refractivity contribution in [2.24, 2.45) is 0 Å². The number of thiol groups is 1. The van der Waals surface area contributed by atoms with E-state index in [1.165, 1.54) is 0 Å². The smallest absolute Gasteiger partial charge is 0.377 e. The first-order valence-electron chi connectivity index (χ1n) is 5.84. The van der Waals surface area contributed by atoms with Gasteiger partial charge < -0.3 is 26.6 Å². The van der Waals surface area contributed by atoms with Gasteiger partial charge in [0.25, 0.3) is 0 Å². The maximum atomic E-state index is 5.20. The van der Waals surface area contributed by atoms with Gasteiger partial charge in [-0.15, -0.1) is 0 Å². The Morgan fingerprint density at radius 3 is 1.26 bits per heavy atom. The molecule has 0 N–H and O–H groups in total. The summed E-state index contributed by atoms with van der Waals surface area (Å²) in [4.78, 5) is 0. The van der Waals surface area contributed by atoms with Crippen molar-refractivity contribution in [1.29, 1.82) is 0 Å². The summed E-state index contributed by atoms with van der Waals surface area (Å²) >= 11 is 4.10. The van der Waals surface area contributed by atoms with Crippen molar-refractivity contribution in [2.75, 3.05) is 48.4 Å². The van der Waals surface area contributed by atoms with E-state index in [1.54, 1.807) is 42.7 Å². The van der Waals surface area contributed by atoms with Gasteiger partial charge in [-0.3, -0.25) is 0 Å². The highest BCUT2D eigenvalue weighted by atomic mass is 32.1. The van der Waals surface area contributed by atoms with Crippen LogP contribution in [0.4, 0.5) is 0 Å². The van der Waals surface area contributed by atoms with Gasteiger partial charge in [0.15, 0.2) is 0 Å². The predicted octanol–water partition coefficient (Wildman–Crippen LogP) is 1.68. The van der Waals surface area contributed by atoms with E-state index in [-0.39, 0.29) is 0 Å². The van der Waals surface area contributed by atoms with E-state index in [9.17, 15) is 0 Å². The summed E-state index contributed by atoms with van der Waals surface area (Å²) in [6.07, 6.45) is 0.963. The summed E-state index contributed by atoms with van der Waals surface area (Å²) in [7, 11) is 5.16. The maximum Gasteiger partial charge on any atom is 0.500 e. The highest BCUT2D eigenvalue weighted by Crippen LogP contribution is 2.14. The van der Waals surface area contributed by atoms with Gasteiger partial charge in [0, 0.05) is 55.2 Å². The Bertz CT molecular complexity index is 186. The van der Waals surface area contributed by atoms with Crippen LogP contribution < -0.4 is 0 Å². The minimum Gasteiger partial charge on any atom is -0.377 e. The Hall–Kier alpha value is 0.544. The Kier molecular flexibility index (Phi) is 14.1. The van der Waals surface area contributed by atoms with Crippen molar-refractivity contribution in [2.45, 2.75) is 19.0 Å². The zero-order chi connectivity index (χ0) is 15.4. The van der Waals surface area contributed by atoms with Crippen LogP contribution in [0.1, 0.15) is 6.42 Å². The lowest BCUT2D eigenvalue weighted by Gasteiger charge is -2.23. The summed E-state index contributed by atoms with van der Waals surface area (Å²) in [6.45, 7) is 1.83. The molecule has 0 fully saturated rings. The van der Waals surface area contributed by atoms with Crippen LogP contribution in [0.3, 0.4) is 0 Å². The van der Waals surface area contributed by atoms with Crippen LogP contribution in [0.5, 0.6) is 0 Å². The van der Waals surface area contributed by atoms with E-state index in [2.05, 4.69) is 12.6 Å². The third kappa shape index (κ3) is 9.16. The number of hydrogen-bond donors (Lipinski definition) is 1. The van der Waals surface area contributed by atoms with Crippen LogP contribution >= 0.6 is 12.6 Å². The molecule has 0 unspecified atom stereocenters. The minimum atomic E-state index is -2.29. The molecule has 0 radical (unpaired) electrons. The molecular weight excluding hydrogens is 304 g/mol. The molecule has 0 saturated heterocycles. The average Bonchev–Trinajstić information content (AvgIpc) is 2.49. The van der Waals surface area contributed by atoms with E-state index in [1.807, 2.05) is 6.55 Å². The topological polar surface area (TPSA) is 55.4 Å². The van der Waals surface area contributed by atoms with Gasteiger partial charge in [-0.1, -0.05) is 0 Å². The maximum absolute atomic E-state index is 5.20. The molecule has 0 aromatic carbocycles. The van der Waals surface area contributed by atoms with Crippen molar-refractivity contribution in [3.63, 3.8) is 0 Å². The molecule has 0 atom stereocenters. The fraction of sp³-hybridized carbons (Fsp3) is 1.00. The molecule has 0 rings (SSSR count). The number of rotatable bonds is 9. The third-order valence-corrected chi connectivity index (χ3v) is 8.06. The summed E-state index contributed by atoms with van der Waals surface area (Å²) in [6, 6.07) is 0.833. The van der Waals surface area contributed by atoms with Crippen molar-refractivity contribution in [3.05, 3.63) is 0 Å². The Labute approximate surface area is 124 Å². The van der Waals surface area contributed by atoms with Crippen LogP contribution in [-0.4, -0.2) is 66.0 Å². The van der Waals surface area contributed by atoms with Gasteiger partial charge in [0.1, 0.15) is 0 Å². The minimum absolute atomic E-state index is 0.833. The second kappa shape index (κ2) is 12.3. The molecule has 118 valence electrons. The second-order valence-electron chi connectivity index (χ2n) is 3.60. The van der Waals surface area contributed by atoms with Gasteiger partial charge in [-0.2, -0.15) is 12.6 Å². The summed E-state index contributed by atoms with van der Waals surface area (Å²) < 4.78 is 30.4. The van der Waals surface area contributed by atoms with Crippen molar-refractivity contribution in [3.8, 4) is 0 Å². The number of hydrogen-bond acceptors (Lipinski definition) is 7. The summed E-state index contributed by atoms with van der Waals surface area (Å²) in [5.74, 6) is 0.838. The zero-order valence-corrected chi connectivity index (χ0v) is 15.9. The lowest BCUT2D eigenvalue weighted by atomic mass is 10.6. The molecule has 0 heterocycles. The van der Waals surface area contributed by atoms with E-state index < -0.39 is 17.6 Å². The molecule has 0 aliphatic carbocycles. The SMILES string of the molecule is CO[Si](C)(OC)OC.CO[Si](CCCS)(OC)OC. The van der Waals surface area contributed by atoms with Crippen LogP contribution in [0.2, 0.25) is 12.6 Å². The van der Waals surface area contributed by atoms with Gasteiger partial charge in [-0.05, 0) is 12.2 Å². The molecule has 0 aromatic heterocycles. The van der Waals surface area contributed by atoms with Crippen LogP contribution in [0, 0.1) is 0 Å². The predicted molar refractivity (Wildman–Crippen MR) is 82.7 cm³/mol. The summed E-state index contributed by atoms with van der Waals surface area (Å²) in [5, 5.41) is 0. The first-order valence-corrected chi connectivity index (χ1v) is 10.6. The van der Waals surface area contributed by atoms with Gasteiger partial charge >= 0.3 is 17.6 Å². The van der Waals surface area contributed by atoms with E-state index in [4.69, 9.17) is 26.6 Å². The monoisotopic (exact) mass is 332 g/mol. The quantitative estimate of drug-likeness (QED) is 0.512. The molecule has 0 saturated carbocycles. The Balaban J connectivity index is 0. The van der Waals surface area contributed by atoms with Crippen LogP contribution in [-0.2, 0) is 26.6 Å². The normalized spacial score (nSPS) is 12.0. The highest BCUT2D eigenvalue weighted by Gasteiger charge is 2.36. The molecule has 0 aliphatic heterocycles. The molecule has 19 heavy (non-hydrogen) atoms. The van der Waals surface area contributed by atoms with E-state index in [0.29, 0.717) is 0 Å². The van der Waals surface area contributed by atoms with Gasteiger partial charge in [0.2, 0.25) is 0 Å². The molecule has 6 nitrogen and oxygen atoms in total. The molecule has 0 aromatic rings. The molecule has 9 heteroatoms. The van der Waals surface area contributed by atoms with Gasteiger partial charge in [-0.25, -0.2) is 0 Å². The van der Waals surface area contributed by atoms with Crippen LogP contribution in [0.25, 0.3) is 0 Å². The Morgan fingerprint density at radius 2 is 1.11 bits per heavy atom.